The number of carbonyl (C=O) groups is 2. The molecular formula is C14H24N2O2. The zero-order valence-corrected chi connectivity index (χ0v) is 11.7. The van der Waals surface area contributed by atoms with Gasteiger partial charge < -0.3 is 9.80 Å². The highest BCUT2D eigenvalue weighted by molar-refractivity contribution is 5.95. The van der Waals surface area contributed by atoms with E-state index < -0.39 is 0 Å². The Bertz CT molecular complexity index is 352. The molecule has 2 aliphatic rings. The Balaban J connectivity index is 2.10. The van der Waals surface area contributed by atoms with Crippen LogP contribution in [-0.2, 0) is 9.59 Å². The molecule has 2 rings (SSSR count). The van der Waals surface area contributed by atoms with Crippen molar-refractivity contribution >= 4 is 11.8 Å². The third kappa shape index (κ3) is 2.52. The van der Waals surface area contributed by atoms with Crippen LogP contribution in [0.4, 0.5) is 0 Å². The molecule has 4 nitrogen and oxygen atoms in total. The summed E-state index contributed by atoms with van der Waals surface area (Å²) in [5.41, 5.74) is 0.0901. The van der Waals surface area contributed by atoms with Crippen LogP contribution in [0.25, 0.3) is 0 Å². The predicted octanol–water partition coefficient (Wildman–Crippen LogP) is 1.65. The number of piperazine rings is 1. The number of carbonyl (C=O) groups excluding carboxylic acids is 2. The lowest BCUT2D eigenvalue weighted by Gasteiger charge is -2.44. The van der Waals surface area contributed by atoms with Crippen LogP contribution >= 0.6 is 0 Å². The summed E-state index contributed by atoms with van der Waals surface area (Å²) in [6.07, 6.45) is 3.95. The fourth-order valence-electron chi connectivity index (χ4n) is 2.79. The first-order valence-corrected chi connectivity index (χ1v) is 7.03. The van der Waals surface area contributed by atoms with E-state index >= 15 is 0 Å². The van der Waals surface area contributed by atoms with E-state index in [-0.39, 0.29) is 29.8 Å². The standard InChI is InChI=1S/C14H24N2O2/c1-4-14(2,3)10-15-9-12(17)16-8-6-5-7-11(16)13(15)18/h11H,4-10H2,1-3H3. The third-order valence-electron chi connectivity index (χ3n) is 4.32. The third-order valence-corrected chi connectivity index (χ3v) is 4.32. The van der Waals surface area contributed by atoms with Gasteiger partial charge in [-0.3, -0.25) is 9.59 Å². The fraction of sp³-hybridized carbons (Fsp3) is 0.857. The summed E-state index contributed by atoms with van der Waals surface area (Å²) < 4.78 is 0. The summed E-state index contributed by atoms with van der Waals surface area (Å²) in [7, 11) is 0. The second-order valence-corrected chi connectivity index (χ2v) is 6.31. The summed E-state index contributed by atoms with van der Waals surface area (Å²) in [5.74, 6) is 0.294. The smallest absolute Gasteiger partial charge is 0.245 e. The Labute approximate surface area is 109 Å². The predicted molar refractivity (Wildman–Crippen MR) is 70.0 cm³/mol. The van der Waals surface area contributed by atoms with Gasteiger partial charge in [-0.25, -0.2) is 0 Å². The van der Waals surface area contributed by atoms with Crippen LogP contribution < -0.4 is 0 Å². The molecule has 0 aliphatic carbocycles. The first kappa shape index (κ1) is 13.4. The number of fused-ring (bicyclic) bond motifs is 1. The van der Waals surface area contributed by atoms with Gasteiger partial charge in [-0.1, -0.05) is 20.8 Å². The van der Waals surface area contributed by atoms with Crippen molar-refractivity contribution in [2.24, 2.45) is 5.41 Å². The normalized spacial score (nSPS) is 25.4. The molecule has 0 aromatic carbocycles. The van der Waals surface area contributed by atoms with Crippen molar-refractivity contribution in [2.75, 3.05) is 19.6 Å². The minimum absolute atomic E-state index is 0.0901. The van der Waals surface area contributed by atoms with Gasteiger partial charge >= 0.3 is 0 Å². The maximum absolute atomic E-state index is 12.4. The highest BCUT2D eigenvalue weighted by atomic mass is 16.2. The van der Waals surface area contributed by atoms with Crippen molar-refractivity contribution in [2.45, 2.75) is 52.5 Å². The highest BCUT2D eigenvalue weighted by Gasteiger charge is 2.41. The van der Waals surface area contributed by atoms with E-state index in [9.17, 15) is 9.59 Å². The van der Waals surface area contributed by atoms with Crippen LogP contribution in [0.2, 0.25) is 0 Å². The molecule has 0 spiro atoms. The average molecular weight is 252 g/mol. The molecule has 4 heteroatoms. The SMILES string of the molecule is CCC(C)(C)CN1CC(=O)N2CCCCC2C1=O. The number of rotatable bonds is 3. The number of hydrogen-bond donors (Lipinski definition) is 0. The van der Waals surface area contributed by atoms with Gasteiger partial charge in [0, 0.05) is 13.1 Å². The second kappa shape index (κ2) is 4.90. The zero-order chi connectivity index (χ0) is 13.3. The van der Waals surface area contributed by atoms with Crippen LogP contribution in [0.3, 0.4) is 0 Å². The monoisotopic (exact) mass is 252 g/mol. The summed E-state index contributed by atoms with van der Waals surface area (Å²) in [4.78, 5) is 28.1. The van der Waals surface area contributed by atoms with Gasteiger partial charge in [-0.05, 0) is 31.1 Å². The molecule has 0 N–H and O–H groups in total. The van der Waals surface area contributed by atoms with Crippen molar-refractivity contribution in [1.82, 2.24) is 9.80 Å². The van der Waals surface area contributed by atoms with Gasteiger partial charge in [-0.2, -0.15) is 0 Å². The maximum Gasteiger partial charge on any atom is 0.245 e. The molecule has 1 unspecified atom stereocenters. The van der Waals surface area contributed by atoms with Gasteiger partial charge in [0.15, 0.2) is 0 Å². The maximum atomic E-state index is 12.4. The van der Waals surface area contributed by atoms with Crippen LogP contribution in [0.1, 0.15) is 46.5 Å². The minimum atomic E-state index is -0.173. The average Bonchev–Trinajstić information content (AvgIpc) is 2.35. The summed E-state index contributed by atoms with van der Waals surface area (Å²) in [6.45, 7) is 8.16. The molecule has 18 heavy (non-hydrogen) atoms. The Morgan fingerprint density at radius 3 is 2.67 bits per heavy atom. The largest absolute Gasteiger partial charge is 0.331 e. The molecule has 2 aliphatic heterocycles. The number of nitrogens with zero attached hydrogens (tertiary/aromatic N) is 2. The van der Waals surface area contributed by atoms with E-state index in [0.717, 1.165) is 32.2 Å². The molecule has 2 fully saturated rings. The van der Waals surface area contributed by atoms with Crippen LogP contribution in [-0.4, -0.2) is 47.3 Å². The summed E-state index contributed by atoms with van der Waals surface area (Å²) in [6, 6.07) is -0.173. The summed E-state index contributed by atoms with van der Waals surface area (Å²) >= 11 is 0. The van der Waals surface area contributed by atoms with Crippen molar-refractivity contribution < 1.29 is 9.59 Å². The van der Waals surface area contributed by atoms with Crippen molar-refractivity contribution in [3.8, 4) is 0 Å². The van der Waals surface area contributed by atoms with Gasteiger partial charge in [0.05, 0.1) is 6.54 Å². The van der Waals surface area contributed by atoms with Gasteiger partial charge in [-0.15, -0.1) is 0 Å². The van der Waals surface area contributed by atoms with E-state index in [2.05, 4.69) is 20.8 Å². The van der Waals surface area contributed by atoms with Crippen molar-refractivity contribution in [3.05, 3.63) is 0 Å². The van der Waals surface area contributed by atoms with E-state index in [1.54, 1.807) is 9.80 Å². The van der Waals surface area contributed by atoms with E-state index in [1.807, 2.05) is 0 Å². The lowest BCUT2D eigenvalue weighted by molar-refractivity contribution is -0.159. The first-order valence-electron chi connectivity index (χ1n) is 7.03. The Hall–Kier alpha value is -1.06. The van der Waals surface area contributed by atoms with E-state index in [1.165, 1.54) is 0 Å². The number of piperidine rings is 1. The van der Waals surface area contributed by atoms with Crippen LogP contribution in [0.5, 0.6) is 0 Å². The lowest BCUT2D eigenvalue weighted by Crippen LogP contribution is -2.62. The molecular weight excluding hydrogens is 228 g/mol. The molecule has 0 saturated carbocycles. The topological polar surface area (TPSA) is 40.6 Å². The van der Waals surface area contributed by atoms with Crippen LogP contribution in [0.15, 0.2) is 0 Å². The first-order chi connectivity index (χ1) is 8.44. The van der Waals surface area contributed by atoms with Gasteiger partial charge in [0.2, 0.25) is 11.8 Å². The second-order valence-electron chi connectivity index (χ2n) is 6.31. The van der Waals surface area contributed by atoms with Gasteiger partial charge in [0.25, 0.3) is 0 Å². The zero-order valence-electron chi connectivity index (χ0n) is 11.7. The van der Waals surface area contributed by atoms with Crippen LogP contribution in [0, 0.1) is 5.41 Å². The molecule has 2 amide bonds. The highest BCUT2D eigenvalue weighted by Crippen LogP contribution is 2.27. The molecule has 2 heterocycles. The Kier molecular flexibility index (Phi) is 3.64. The Morgan fingerprint density at radius 2 is 2.00 bits per heavy atom. The minimum Gasteiger partial charge on any atom is -0.331 e. The number of amides is 2. The number of hydrogen-bond acceptors (Lipinski definition) is 2. The molecule has 0 aromatic heterocycles. The molecule has 0 bridgehead atoms. The molecule has 1 atom stereocenters. The summed E-state index contributed by atoms with van der Waals surface area (Å²) in [5, 5.41) is 0. The van der Waals surface area contributed by atoms with E-state index in [4.69, 9.17) is 0 Å². The van der Waals surface area contributed by atoms with Crippen molar-refractivity contribution in [1.29, 1.82) is 0 Å². The molecule has 102 valence electrons. The lowest BCUT2D eigenvalue weighted by atomic mass is 9.88. The Morgan fingerprint density at radius 1 is 1.28 bits per heavy atom. The van der Waals surface area contributed by atoms with Crippen molar-refractivity contribution in [3.63, 3.8) is 0 Å². The van der Waals surface area contributed by atoms with E-state index in [0.29, 0.717) is 6.54 Å². The molecule has 0 aromatic rings. The van der Waals surface area contributed by atoms with Gasteiger partial charge in [0.1, 0.15) is 6.04 Å². The quantitative estimate of drug-likeness (QED) is 0.766. The molecule has 2 saturated heterocycles. The fourth-order valence-corrected chi connectivity index (χ4v) is 2.79. The molecule has 0 radical (unpaired) electrons.